The molecule has 0 fully saturated rings. The van der Waals surface area contributed by atoms with Crippen LogP contribution in [0, 0.1) is 0 Å². The third-order valence-electron chi connectivity index (χ3n) is 3.22. The molecule has 0 spiro atoms. The van der Waals surface area contributed by atoms with Crippen LogP contribution in [-0.4, -0.2) is 19.5 Å². The molecule has 0 unspecified atom stereocenters. The van der Waals surface area contributed by atoms with Gasteiger partial charge in [0.25, 0.3) is 0 Å². The van der Waals surface area contributed by atoms with Gasteiger partial charge in [0.2, 0.25) is 5.91 Å². The highest BCUT2D eigenvalue weighted by Gasteiger charge is 2.01. The third kappa shape index (κ3) is 5.68. The molecule has 0 saturated heterocycles. The van der Waals surface area contributed by atoms with E-state index >= 15 is 0 Å². The number of hydrogen-bond acceptors (Lipinski definition) is 3. The smallest absolute Gasteiger partial charge is 0.225 e. The molecule has 0 aromatic heterocycles. The van der Waals surface area contributed by atoms with E-state index < -0.39 is 0 Å². The fraction of sp³-hybridized carbons (Fsp3) is 0.278. The number of benzene rings is 2. The molecule has 4 heteroatoms. The van der Waals surface area contributed by atoms with E-state index in [9.17, 15) is 4.79 Å². The lowest BCUT2D eigenvalue weighted by Crippen LogP contribution is -2.18. The molecule has 0 aliphatic carbocycles. The maximum absolute atomic E-state index is 11.6. The van der Waals surface area contributed by atoms with Crippen LogP contribution >= 0.6 is 0 Å². The van der Waals surface area contributed by atoms with Crippen molar-refractivity contribution in [3.8, 4) is 0 Å². The van der Waals surface area contributed by atoms with Gasteiger partial charge in [-0.2, -0.15) is 0 Å². The number of anilines is 1. The minimum Gasteiger partial charge on any atom is -0.372 e. The number of hydrogen-bond donors (Lipinski definition) is 2. The highest BCUT2D eigenvalue weighted by molar-refractivity contribution is 5.90. The lowest BCUT2D eigenvalue weighted by molar-refractivity contribution is -0.116. The van der Waals surface area contributed by atoms with Gasteiger partial charge in [0.15, 0.2) is 0 Å². The van der Waals surface area contributed by atoms with Crippen molar-refractivity contribution < 1.29 is 9.53 Å². The van der Waals surface area contributed by atoms with Crippen LogP contribution in [0.1, 0.15) is 17.5 Å². The Morgan fingerprint density at radius 2 is 1.59 bits per heavy atom. The van der Waals surface area contributed by atoms with Gasteiger partial charge < -0.3 is 15.4 Å². The van der Waals surface area contributed by atoms with Crippen LogP contribution in [0.3, 0.4) is 0 Å². The minimum absolute atomic E-state index is 0.0161. The van der Waals surface area contributed by atoms with Crippen molar-refractivity contribution in [3.05, 3.63) is 65.7 Å². The van der Waals surface area contributed by atoms with Gasteiger partial charge in [0.1, 0.15) is 0 Å². The first-order chi connectivity index (χ1) is 10.8. The summed E-state index contributed by atoms with van der Waals surface area (Å²) in [6, 6.07) is 17.8. The van der Waals surface area contributed by atoms with Crippen molar-refractivity contribution in [1.82, 2.24) is 5.32 Å². The van der Waals surface area contributed by atoms with Gasteiger partial charge in [-0.05, 0) is 30.3 Å². The first-order valence-electron chi connectivity index (χ1n) is 7.43. The molecule has 0 bridgehead atoms. The van der Waals surface area contributed by atoms with Crippen molar-refractivity contribution in [3.63, 3.8) is 0 Å². The molecular weight excluding hydrogens is 276 g/mol. The second kappa shape index (κ2) is 8.97. The molecule has 2 N–H and O–H groups in total. The predicted octanol–water partition coefficient (Wildman–Crippen LogP) is 2.95. The third-order valence-corrected chi connectivity index (χ3v) is 3.22. The SMILES string of the molecule is CNCCC(=O)Nc1ccc(COCc2ccccc2)cc1. The Kier molecular flexibility index (Phi) is 6.61. The zero-order chi connectivity index (χ0) is 15.6. The van der Waals surface area contributed by atoms with Crippen molar-refractivity contribution in [2.75, 3.05) is 18.9 Å². The Bertz CT molecular complexity index is 567. The zero-order valence-corrected chi connectivity index (χ0v) is 12.8. The maximum Gasteiger partial charge on any atom is 0.225 e. The van der Waals surface area contributed by atoms with Crippen LogP contribution < -0.4 is 10.6 Å². The molecule has 0 aliphatic heterocycles. The summed E-state index contributed by atoms with van der Waals surface area (Å²) in [6.45, 7) is 1.84. The van der Waals surface area contributed by atoms with E-state index in [2.05, 4.69) is 10.6 Å². The van der Waals surface area contributed by atoms with Gasteiger partial charge in [-0.25, -0.2) is 0 Å². The molecule has 0 heterocycles. The first kappa shape index (κ1) is 16.2. The lowest BCUT2D eigenvalue weighted by Gasteiger charge is -2.07. The summed E-state index contributed by atoms with van der Waals surface area (Å²) in [5.74, 6) is 0.0161. The van der Waals surface area contributed by atoms with Crippen LogP contribution in [0.4, 0.5) is 5.69 Å². The van der Waals surface area contributed by atoms with Crippen LogP contribution in [0.15, 0.2) is 54.6 Å². The number of rotatable bonds is 8. The standard InChI is InChI=1S/C18H22N2O2/c1-19-12-11-18(21)20-17-9-7-16(8-10-17)14-22-13-15-5-3-2-4-6-15/h2-10,19H,11-14H2,1H3,(H,20,21). The van der Waals surface area contributed by atoms with Crippen molar-refractivity contribution in [2.24, 2.45) is 0 Å². The first-order valence-corrected chi connectivity index (χ1v) is 7.43. The normalized spacial score (nSPS) is 10.4. The van der Waals surface area contributed by atoms with Gasteiger partial charge in [-0.1, -0.05) is 42.5 Å². The molecular formula is C18H22N2O2. The Morgan fingerprint density at radius 3 is 2.23 bits per heavy atom. The summed E-state index contributed by atoms with van der Waals surface area (Å²) >= 11 is 0. The molecule has 0 radical (unpaired) electrons. The van der Waals surface area contributed by atoms with Gasteiger partial charge in [0, 0.05) is 18.7 Å². The Morgan fingerprint density at radius 1 is 0.955 bits per heavy atom. The average Bonchev–Trinajstić information content (AvgIpc) is 2.55. The molecule has 1 amide bonds. The van der Waals surface area contributed by atoms with E-state index in [1.807, 2.05) is 61.6 Å². The van der Waals surface area contributed by atoms with Crippen LogP contribution in [0.25, 0.3) is 0 Å². The zero-order valence-electron chi connectivity index (χ0n) is 12.8. The minimum atomic E-state index is 0.0161. The topological polar surface area (TPSA) is 50.4 Å². The molecule has 0 saturated carbocycles. The Labute approximate surface area is 131 Å². The second-order valence-electron chi connectivity index (χ2n) is 5.08. The maximum atomic E-state index is 11.6. The van der Waals surface area contributed by atoms with E-state index in [1.165, 1.54) is 0 Å². The molecule has 116 valence electrons. The van der Waals surface area contributed by atoms with E-state index in [0.29, 0.717) is 26.2 Å². The van der Waals surface area contributed by atoms with Crippen molar-refractivity contribution in [1.29, 1.82) is 0 Å². The molecule has 2 aromatic carbocycles. The van der Waals surface area contributed by atoms with E-state index in [4.69, 9.17) is 4.74 Å². The summed E-state index contributed by atoms with van der Waals surface area (Å²) in [7, 11) is 1.83. The predicted molar refractivity (Wildman–Crippen MR) is 88.6 cm³/mol. The van der Waals surface area contributed by atoms with E-state index in [-0.39, 0.29) is 5.91 Å². The van der Waals surface area contributed by atoms with Crippen LogP contribution in [-0.2, 0) is 22.7 Å². The molecule has 0 aliphatic rings. The fourth-order valence-electron chi connectivity index (χ4n) is 2.01. The second-order valence-corrected chi connectivity index (χ2v) is 5.08. The summed E-state index contributed by atoms with van der Waals surface area (Å²) < 4.78 is 5.68. The summed E-state index contributed by atoms with van der Waals surface area (Å²) in [5.41, 5.74) is 3.06. The van der Waals surface area contributed by atoms with Crippen molar-refractivity contribution >= 4 is 11.6 Å². The van der Waals surface area contributed by atoms with Crippen LogP contribution in [0.2, 0.25) is 0 Å². The molecule has 2 rings (SSSR count). The molecule has 0 atom stereocenters. The van der Waals surface area contributed by atoms with Gasteiger partial charge in [-0.15, -0.1) is 0 Å². The number of carbonyl (C=O) groups excluding carboxylic acids is 1. The number of nitrogens with one attached hydrogen (secondary N) is 2. The highest BCUT2D eigenvalue weighted by atomic mass is 16.5. The fourth-order valence-corrected chi connectivity index (χ4v) is 2.01. The number of ether oxygens (including phenoxy) is 1. The number of amides is 1. The highest BCUT2D eigenvalue weighted by Crippen LogP contribution is 2.11. The van der Waals surface area contributed by atoms with E-state index in [0.717, 1.165) is 16.8 Å². The molecule has 4 nitrogen and oxygen atoms in total. The largest absolute Gasteiger partial charge is 0.372 e. The summed E-state index contributed by atoms with van der Waals surface area (Å²) in [5, 5.41) is 5.82. The summed E-state index contributed by atoms with van der Waals surface area (Å²) in [6.07, 6.45) is 0.471. The lowest BCUT2D eigenvalue weighted by atomic mass is 10.2. The number of carbonyl (C=O) groups is 1. The molecule has 2 aromatic rings. The Balaban J connectivity index is 1.75. The molecule has 22 heavy (non-hydrogen) atoms. The Hall–Kier alpha value is -2.17. The van der Waals surface area contributed by atoms with Crippen molar-refractivity contribution in [2.45, 2.75) is 19.6 Å². The summed E-state index contributed by atoms with van der Waals surface area (Å²) in [4.78, 5) is 11.6. The average molecular weight is 298 g/mol. The van der Waals surface area contributed by atoms with Gasteiger partial charge >= 0.3 is 0 Å². The van der Waals surface area contributed by atoms with E-state index in [1.54, 1.807) is 0 Å². The van der Waals surface area contributed by atoms with Gasteiger partial charge in [-0.3, -0.25) is 4.79 Å². The van der Waals surface area contributed by atoms with Gasteiger partial charge in [0.05, 0.1) is 13.2 Å². The monoisotopic (exact) mass is 298 g/mol. The van der Waals surface area contributed by atoms with Crippen LogP contribution in [0.5, 0.6) is 0 Å². The quantitative estimate of drug-likeness (QED) is 0.788.